The maximum Gasteiger partial charge on any atom is 0.233 e. The van der Waals surface area contributed by atoms with Crippen LogP contribution in [0.5, 0.6) is 0 Å². The van der Waals surface area contributed by atoms with Gasteiger partial charge in [-0.25, -0.2) is 0 Å². The molecule has 0 N–H and O–H groups in total. The highest BCUT2D eigenvalue weighted by Crippen LogP contribution is 2.38. The van der Waals surface area contributed by atoms with Gasteiger partial charge in [-0.05, 0) is 39.0 Å². The normalized spacial score (nSPS) is 24.0. The highest BCUT2D eigenvalue weighted by molar-refractivity contribution is 5.90. The molecule has 1 saturated heterocycles. The minimum absolute atomic E-state index is 0.274. The molecule has 0 radical (unpaired) electrons. The zero-order valence-electron chi connectivity index (χ0n) is 11.5. The van der Waals surface area contributed by atoms with Gasteiger partial charge in [-0.3, -0.25) is 4.79 Å². The summed E-state index contributed by atoms with van der Waals surface area (Å²) in [6.07, 6.45) is 1.83. The lowest BCUT2D eigenvalue weighted by Gasteiger charge is -2.29. The van der Waals surface area contributed by atoms with Crippen molar-refractivity contribution in [2.45, 2.75) is 18.3 Å². The average molecular weight is 246 g/mol. The Morgan fingerprint density at radius 3 is 2.44 bits per heavy atom. The molecule has 1 aromatic carbocycles. The van der Waals surface area contributed by atoms with E-state index in [4.69, 9.17) is 0 Å². The van der Waals surface area contributed by atoms with Crippen LogP contribution >= 0.6 is 0 Å². The summed E-state index contributed by atoms with van der Waals surface area (Å²) in [5.74, 6) is 0.274. The minimum Gasteiger partial charge on any atom is -0.345 e. The molecule has 98 valence electrons. The van der Waals surface area contributed by atoms with E-state index in [1.54, 1.807) is 0 Å². The Balaban J connectivity index is 2.32. The number of rotatable bonds is 4. The largest absolute Gasteiger partial charge is 0.345 e. The van der Waals surface area contributed by atoms with Crippen molar-refractivity contribution in [2.24, 2.45) is 0 Å². The summed E-state index contributed by atoms with van der Waals surface area (Å²) in [6, 6.07) is 10.2. The molecular weight excluding hydrogens is 224 g/mol. The lowest BCUT2D eigenvalue weighted by Crippen LogP contribution is -2.38. The lowest BCUT2D eigenvalue weighted by molar-refractivity contribution is -0.131. The molecule has 18 heavy (non-hydrogen) atoms. The topological polar surface area (TPSA) is 23.6 Å². The molecule has 3 heteroatoms. The van der Waals surface area contributed by atoms with E-state index in [1.807, 2.05) is 30.1 Å². The molecule has 1 aliphatic rings. The summed E-state index contributed by atoms with van der Waals surface area (Å²) in [6.45, 7) is 1.80. The fraction of sp³-hybridized carbons (Fsp3) is 0.533. The first-order valence-electron chi connectivity index (χ1n) is 6.52. The number of likely N-dealkylation sites (N-methyl/N-ethyl adjacent to an activating group) is 1. The highest BCUT2D eigenvalue weighted by Gasteiger charge is 2.46. The van der Waals surface area contributed by atoms with Crippen LogP contribution in [-0.2, 0) is 10.2 Å². The van der Waals surface area contributed by atoms with Crippen LogP contribution in [0.25, 0.3) is 0 Å². The molecule has 0 unspecified atom stereocenters. The second-order valence-electron chi connectivity index (χ2n) is 5.48. The van der Waals surface area contributed by atoms with Crippen molar-refractivity contribution < 1.29 is 4.79 Å². The van der Waals surface area contributed by atoms with Crippen molar-refractivity contribution in [1.29, 1.82) is 0 Å². The molecule has 0 spiro atoms. The molecule has 0 aromatic heterocycles. The van der Waals surface area contributed by atoms with Crippen molar-refractivity contribution >= 4 is 5.91 Å². The van der Waals surface area contributed by atoms with Crippen molar-refractivity contribution in [3.05, 3.63) is 35.9 Å². The Morgan fingerprint density at radius 2 is 1.94 bits per heavy atom. The Labute approximate surface area is 109 Å². The Morgan fingerprint density at radius 1 is 1.28 bits per heavy atom. The van der Waals surface area contributed by atoms with Crippen LogP contribution in [0.4, 0.5) is 0 Å². The zero-order chi connectivity index (χ0) is 13.2. The second kappa shape index (κ2) is 5.11. The van der Waals surface area contributed by atoms with Crippen molar-refractivity contribution in [3.8, 4) is 0 Å². The lowest BCUT2D eigenvalue weighted by atomic mass is 9.76. The second-order valence-corrected chi connectivity index (χ2v) is 5.48. The predicted molar refractivity (Wildman–Crippen MR) is 73.5 cm³/mol. The molecule has 0 bridgehead atoms. The van der Waals surface area contributed by atoms with Gasteiger partial charge in [-0.1, -0.05) is 30.3 Å². The van der Waals surface area contributed by atoms with E-state index in [9.17, 15) is 4.79 Å². The molecular formula is C15H22N2O. The number of carbonyl (C=O) groups excluding carboxylic acids is 1. The SMILES string of the molecule is CN(C)CC[C@@]1(c2ccccc2)CCN(C)C1=O. The first-order chi connectivity index (χ1) is 8.56. The third kappa shape index (κ3) is 2.27. The fourth-order valence-corrected chi connectivity index (χ4v) is 2.75. The van der Waals surface area contributed by atoms with E-state index in [2.05, 4.69) is 31.1 Å². The van der Waals surface area contributed by atoms with Gasteiger partial charge in [0.2, 0.25) is 5.91 Å². The van der Waals surface area contributed by atoms with E-state index >= 15 is 0 Å². The molecule has 1 atom stereocenters. The van der Waals surface area contributed by atoms with Gasteiger partial charge in [-0.2, -0.15) is 0 Å². The Kier molecular flexibility index (Phi) is 3.71. The van der Waals surface area contributed by atoms with Crippen LogP contribution in [0, 0.1) is 0 Å². The van der Waals surface area contributed by atoms with E-state index in [0.29, 0.717) is 0 Å². The molecule has 1 amide bonds. The smallest absolute Gasteiger partial charge is 0.233 e. The third-order valence-electron chi connectivity index (χ3n) is 3.94. The number of hydrogen-bond donors (Lipinski definition) is 0. The predicted octanol–water partition coefficient (Wildman–Crippen LogP) is 1.74. The van der Waals surface area contributed by atoms with Crippen molar-refractivity contribution in [3.63, 3.8) is 0 Å². The van der Waals surface area contributed by atoms with Gasteiger partial charge in [0.1, 0.15) is 0 Å². The zero-order valence-corrected chi connectivity index (χ0v) is 11.5. The summed E-state index contributed by atoms with van der Waals surface area (Å²) in [5, 5.41) is 0. The monoisotopic (exact) mass is 246 g/mol. The Hall–Kier alpha value is -1.35. The van der Waals surface area contributed by atoms with Crippen LogP contribution in [0.2, 0.25) is 0 Å². The third-order valence-corrected chi connectivity index (χ3v) is 3.94. The van der Waals surface area contributed by atoms with Gasteiger partial charge in [0, 0.05) is 13.6 Å². The number of benzene rings is 1. The summed E-state index contributed by atoms with van der Waals surface area (Å²) in [5.41, 5.74) is 0.863. The van der Waals surface area contributed by atoms with Crippen LogP contribution in [-0.4, -0.2) is 49.9 Å². The summed E-state index contributed by atoms with van der Waals surface area (Å²) in [7, 11) is 6.02. The van der Waals surface area contributed by atoms with Gasteiger partial charge < -0.3 is 9.80 Å². The number of carbonyl (C=O) groups is 1. The van der Waals surface area contributed by atoms with Gasteiger partial charge in [0.05, 0.1) is 5.41 Å². The molecule has 2 rings (SSSR count). The molecule has 1 heterocycles. The van der Waals surface area contributed by atoms with Gasteiger partial charge in [0.25, 0.3) is 0 Å². The molecule has 0 saturated carbocycles. The number of hydrogen-bond acceptors (Lipinski definition) is 2. The van der Waals surface area contributed by atoms with Crippen LogP contribution in [0.3, 0.4) is 0 Å². The maximum absolute atomic E-state index is 12.5. The molecule has 3 nitrogen and oxygen atoms in total. The number of likely N-dealkylation sites (tertiary alicyclic amines) is 1. The summed E-state index contributed by atoms with van der Waals surface area (Å²) in [4.78, 5) is 16.6. The van der Waals surface area contributed by atoms with Gasteiger partial charge in [-0.15, -0.1) is 0 Å². The summed E-state index contributed by atoms with van der Waals surface area (Å²) < 4.78 is 0. The number of amides is 1. The van der Waals surface area contributed by atoms with Crippen molar-refractivity contribution in [1.82, 2.24) is 9.80 Å². The standard InChI is InChI=1S/C15H22N2O/c1-16(2)11-9-15(10-12-17(3)14(15)18)13-7-5-4-6-8-13/h4-8H,9-12H2,1-3H3/t15-/m0/s1. The first-order valence-corrected chi connectivity index (χ1v) is 6.52. The Bertz CT molecular complexity index is 416. The van der Waals surface area contributed by atoms with E-state index in [1.165, 1.54) is 5.56 Å². The summed E-state index contributed by atoms with van der Waals surface area (Å²) >= 11 is 0. The van der Waals surface area contributed by atoms with Gasteiger partial charge in [0.15, 0.2) is 0 Å². The van der Waals surface area contributed by atoms with E-state index < -0.39 is 0 Å². The molecule has 1 aromatic rings. The highest BCUT2D eigenvalue weighted by atomic mass is 16.2. The van der Waals surface area contributed by atoms with Gasteiger partial charge >= 0.3 is 0 Å². The quantitative estimate of drug-likeness (QED) is 0.808. The maximum atomic E-state index is 12.5. The van der Waals surface area contributed by atoms with Crippen LogP contribution in [0.15, 0.2) is 30.3 Å². The van der Waals surface area contributed by atoms with Crippen molar-refractivity contribution in [2.75, 3.05) is 34.2 Å². The van der Waals surface area contributed by atoms with Crippen LogP contribution < -0.4 is 0 Å². The average Bonchev–Trinajstić information content (AvgIpc) is 2.66. The van der Waals surface area contributed by atoms with E-state index in [0.717, 1.165) is 25.9 Å². The molecule has 0 aliphatic carbocycles. The number of nitrogens with zero attached hydrogens (tertiary/aromatic N) is 2. The first kappa shape index (κ1) is 13.1. The minimum atomic E-state index is -0.305. The van der Waals surface area contributed by atoms with E-state index in [-0.39, 0.29) is 11.3 Å². The molecule has 1 aliphatic heterocycles. The van der Waals surface area contributed by atoms with Crippen LogP contribution in [0.1, 0.15) is 18.4 Å². The molecule has 1 fully saturated rings. The fourth-order valence-electron chi connectivity index (χ4n) is 2.75.